The Kier molecular flexibility index (Phi) is 7.49. The largest absolute Gasteiger partial charge is 0.388 e. The molecule has 0 spiro atoms. The molecule has 3 atom stereocenters. The van der Waals surface area contributed by atoms with Crippen molar-refractivity contribution in [3.8, 4) is 0 Å². The highest BCUT2D eigenvalue weighted by atomic mass is 19.1. The van der Waals surface area contributed by atoms with Gasteiger partial charge in [-0.25, -0.2) is 4.39 Å². The van der Waals surface area contributed by atoms with Crippen LogP contribution < -0.4 is 0 Å². The van der Waals surface area contributed by atoms with Crippen molar-refractivity contribution in [2.45, 2.75) is 50.5 Å². The Morgan fingerprint density at radius 1 is 1.21 bits per heavy atom. The van der Waals surface area contributed by atoms with E-state index in [-0.39, 0.29) is 24.2 Å². The summed E-state index contributed by atoms with van der Waals surface area (Å²) in [4.78, 5) is 26.2. The number of aliphatic hydroxyl groups is 1. The molecule has 1 heterocycles. The number of ether oxygens (including phenoxy) is 1. The van der Waals surface area contributed by atoms with Crippen LogP contribution >= 0.6 is 0 Å². The Morgan fingerprint density at radius 2 is 1.93 bits per heavy atom. The fourth-order valence-corrected chi connectivity index (χ4v) is 3.73. The highest BCUT2D eigenvalue weighted by molar-refractivity contribution is 5.80. The first-order valence-corrected chi connectivity index (χ1v) is 9.96. The number of nitrogens with zero attached hydrogens (tertiary/aromatic N) is 1. The summed E-state index contributed by atoms with van der Waals surface area (Å²) in [5.74, 6) is -0.534. The molecule has 1 aliphatic heterocycles. The van der Waals surface area contributed by atoms with Crippen molar-refractivity contribution in [2.75, 3.05) is 6.61 Å². The number of carbonyl (C=O) groups excluding carboxylic acids is 2. The van der Waals surface area contributed by atoms with Crippen molar-refractivity contribution in [3.63, 3.8) is 0 Å². The van der Waals surface area contributed by atoms with Crippen LogP contribution in [0.25, 0.3) is 0 Å². The van der Waals surface area contributed by atoms with Gasteiger partial charge in [-0.3, -0.25) is 9.59 Å². The maximum absolute atomic E-state index is 13.0. The van der Waals surface area contributed by atoms with Crippen molar-refractivity contribution >= 4 is 12.2 Å². The van der Waals surface area contributed by atoms with E-state index in [0.717, 1.165) is 18.4 Å². The lowest BCUT2D eigenvalue weighted by Crippen LogP contribution is -2.44. The Balaban J connectivity index is 1.66. The molecule has 29 heavy (non-hydrogen) atoms. The second-order valence-electron chi connectivity index (χ2n) is 7.23. The van der Waals surface area contributed by atoms with Gasteiger partial charge in [-0.1, -0.05) is 42.5 Å². The molecule has 1 unspecified atom stereocenters. The molecule has 0 radical (unpaired) electrons. The quantitative estimate of drug-likeness (QED) is 0.717. The number of amides is 1. The highest BCUT2D eigenvalue weighted by Crippen LogP contribution is 2.31. The molecule has 2 aromatic carbocycles. The van der Waals surface area contributed by atoms with Gasteiger partial charge in [0.05, 0.1) is 12.1 Å². The third-order valence-corrected chi connectivity index (χ3v) is 5.23. The summed E-state index contributed by atoms with van der Waals surface area (Å²) in [5, 5.41) is 10.3. The number of carbonyl (C=O) groups is 2. The molecular weight excluding hydrogens is 373 g/mol. The van der Waals surface area contributed by atoms with E-state index in [1.807, 2.05) is 30.3 Å². The molecular formula is C23H26FNO4. The van der Waals surface area contributed by atoms with E-state index in [9.17, 15) is 19.1 Å². The van der Waals surface area contributed by atoms with E-state index in [1.54, 1.807) is 4.90 Å². The molecule has 1 amide bonds. The lowest BCUT2D eigenvalue weighted by Gasteiger charge is -2.33. The maximum Gasteiger partial charge on any atom is 0.225 e. The first kappa shape index (κ1) is 21.1. The zero-order valence-electron chi connectivity index (χ0n) is 16.2. The number of hydrogen-bond acceptors (Lipinski definition) is 4. The van der Waals surface area contributed by atoms with E-state index in [2.05, 4.69) is 0 Å². The van der Waals surface area contributed by atoms with Crippen LogP contribution in [0.3, 0.4) is 0 Å². The molecule has 1 saturated heterocycles. The van der Waals surface area contributed by atoms with Crippen molar-refractivity contribution in [3.05, 3.63) is 71.5 Å². The highest BCUT2D eigenvalue weighted by Gasteiger charge is 2.33. The molecule has 0 aromatic heterocycles. The van der Waals surface area contributed by atoms with Gasteiger partial charge in [0.25, 0.3) is 0 Å². The second kappa shape index (κ2) is 10.3. The van der Waals surface area contributed by atoms with Crippen LogP contribution in [-0.2, 0) is 14.3 Å². The van der Waals surface area contributed by atoms with Crippen molar-refractivity contribution < 1.29 is 23.8 Å². The van der Waals surface area contributed by atoms with E-state index in [1.165, 1.54) is 24.3 Å². The zero-order valence-corrected chi connectivity index (χ0v) is 16.2. The van der Waals surface area contributed by atoms with Gasteiger partial charge < -0.3 is 14.7 Å². The van der Waals surface area contributed by atoms with Crippen LogP contribution in [0.5, 0.6) is 0 Å². The third kappa shape index (κ3) is 5.49. The predicted octanol–water partition coefficient (Wildman–Crippen LogP) is 3.93. The molecule has 0 bridgehead atoms. The molecule has 5 nitrogen and oxygen atoms in total. The molecule has 1 aliphatic rings. The average molecular weight is 399 g/mol. The number of benzene rings is 2. The fraction of sp³-hybridized carbons (Fsp3) is 0.391. The topological polar surface area (TPSA) is 66.8 Å². The van der Waals surface area contributed by atoms with E-state index in [0.29, 0.717) is 31.3 Å². The van der Waals surface area contributed by atoms with E-state index < -0.39 is 12.3 Å². The van der Waals surface area contributed by atoms with E-state index >= 15 is 0 Å². The molecule has 2 aromatic rings. The number of aliphatic hydroxyl groups excluding tert-OH is 1. The van der Waals surface area contributed by atoms with Crippen molar-refractivity contribution in [2.24, 2.45) is 0 Å². The van der Waals surface area contributed by atoms with Crippen LogP contribution in [0.15, 0.2) is 54.6 Å². The van der Waals surface area contributed by atoms with Crippen LogP contribution in [0.1, 0.15) is 55.4 Å². The van der Waals surface area contributed by atoms with Gasteiger partial charge in [0.1, 0.15) is 5.82 Å². The standard InChI is InChI=1S/C23H26FNO4/c24-19-13-11-18(12-14-19)21(27)9-4-10-22(28)25-20(17-6-2-1-3-7-17)8-5-15-29-23(25)16-26/h1-3,6-7,11-14,16,20-21,23,27H,4-5,8-10,15H2/t20-,21-,23?/m0/s1. The van der Waals surface area contributed by atoms with Crippen LogP contribution in [0.4, 0.5) is 4.39 Å². The van der Waals surface area contributed by atoms with Gasteiger partial charge in [0.2, 0.25) is 5.91 Å². The molecule has 1 N–H and O–H groups in total. The monoisotopic (exact) mass is 399 g/mol. The summed E-state index contributed by atoms with van der Waals surface area (Å²) in [6.45, 7) is 0.430. The first-order valence-electron chi connectivity index (χ1n) is 9.96. The summed E-state index contributed by atoms with van der Waals surface area (Å²) in [7, 11) is 0. The molecule has 6 heteroatoms. The fourth-order valence-electron chi connectivity index (χ4n) is 3.73. The predicted molar refractivity (Wildman–Crippen MR) is 106 cm³/mol. The summed E-state index contributed by atoms with van der Waals surface area (Å²) >= 11 is 0. The minimum atomic E-state index is -0.905. The van der Waals surface area contributed by atoms with Gasteiger partial charge in [-0.2, -0.15) is 0 Å². The van der Waals surface area contributed by atoms with Crippen molar-refractivity contribution in [1.29, 1.82) is 0 Å². The van der Waals surface area contributed by atoms with Crippen molar-refractivity contribution in [1.82, 2.24) is 4.90 Å². The second-order valence-corrected chi connectivity index (χ2v) is 7.23. The van der Waals surface area contributed by atoms with Crippen LogP contribution in [-0.4, -0.2) is 35.0 Å². The van der Waals surface area contributed by atoms with Gasteiger partial charge >= 0.3 is 0 Å². The third-order valence-electron chi connectivity index (χ3n) is 5.23. The smallest absolute Gasteiger partial charge is 0.225 e. The Morgan fingerprint density at radius 3 is 2.62 bits per heavy atom. The van der Waals surface area contributed by atoms with E-state index in [4.69, 9.17) is 4.74 Å². The lowest BCUT2D eigenvalue weighted by atomic mass is 9.99. The van der Waals surface area contributed by atoms with Crippen LogP contribution in [0, 0.1) is 5.82 Å². The van der Waals surface area contributed by atoms with Gasteiger partial charge in [0, 0.05) is 13.0 Å². The Hall–Kier alpha value is -2.57. The lowest BCUT2D eigenvalue weighted by molar-refractivity contribution is -0.154. The Labute approximate surface area is 170 Å². The summed E-state index contributed by atoms with van der Waals surface area (Å²) in [6.07, 6.45) is 1.49. The summed E-state index contributed by atoms with van der Waals surface area (Å²) < 4.78 is 18.6. The number of rotatable bonds is 7. The first-order chi connectivity index (χ1) is 14.1. The molecule has 0 saturated carbocycles. The number of halogens is 1. The minimum Gasteiger partial charge on any atom is -0.388 e. The SMILES string of the molecule is O=CC1OCCC[C@@H](c2ccccc2)N1C(=O)CCC[C@H](O)c1ccc(F)cc1. The minimum absolute atomic E-state index is 0.177. The molecule has 0 aliphatic carbocycles. The molecule has 154 valence electrons. The summed E-state index contributed by atoms with van der Waals surface area (Å²) in [5.41, 5.74) is 1.59. The Bertz CT molecular complexity index is 796. The zero-order chi connectivity index (χ0) is 20.6. The summed E-state index contributed by atoms with van der Waals surface area (Å²) in [6, 6.07) is 15.1. The normalized spacial score (nSPS) is 20.7. The van der Waals surface area contributed by atoms with Gasteiger partial charge in [-0.05, 0) is 48.9 Å². The van der Waals surface area contributed by atoms with Crippen LogP contribution in [0.2, 0.25) is 0 Å². The molecule has 3 rings (SSSR count). The van der Waals surface area contributed by atoms with Gasteiger partial charge in [-0.15, -0.1) is 0 Å². The maximum atomic E-state index is 13.0. The average Bonchev–Trinajstić information content (AvgIpc) is 2.97. The van der Waals surface area contributed by atoms with Gasteiger partial charge in [0.15, 0.2) is 12.5 Å². The number of hydrogen-bond donors (Lipinski definition) is 1. The number of aldehydes is 1. The molecule has 1 fully saturated rings.